The highest BCUT2D eigenvalue weighted by Crippen LogP contribution is 2.31. The predicted molar refractivity (Wildman–Crippen MR) is 107 cm³/mol. The molecule has 0 aliphatic heterocycles. The summed E-state index contributed by atoms with van der Waals surface area (Å²) in [6.07, 6.45) is 0. The van der Waals surface area contributed by atoms with Gasteiger partial charge in [-0.15, -0.1) is 21.5 Å². The number of carbonyl (C=O) groups excluding carboxylic acids is 1. The van der Waals surface area contributed by atoms with E-state index in [1.165, 1.54) is 11.3 Å². The maximum atomic E-state index is 13.0. The molecule has 6 heteroatoms. The predicted octanol–water partition coefficient (Wildman–Crippen LogP) is 5.04. The molecule has 0 atom stereocenters. The Hall–Kier alpha value is -2.83. The summed E-state index contributed by atoms with van der Waals surface area (Å²) in [5.41, 5.74) is 1.89. The highest BCUT2D eigenvalue weighted by atomic mass is 32.1. The van der Waals surface area contributed by atoms with Gasteiger partial charge in [0.1, 0.15) is 0 Å². The number of benzene rings is 2. The second-order valence-electron chi connectivity index (χ2n) is 5.63. The first-order valence-corrected chi connectivity index (χ1v) is 9.79. The molecule has 0 aliphatic carbocycles. The molecule has 2 aromatic heterocycles. The van der Waals surface area contributed by atoms with Crippen molar-refractivity contribution in [3.05, 3.63) is 89.3 Å². The lowest BCUT2D eigenvalue weighted by atomic mass is 9.90. The van der Waals surface area contributed by atoms with Gasteiger partial charge in [0, 0.05) is 0 Å². The van der Waals surface area contributed by atoms with E-state index >= 15 is 0 Å². The summed E-state index contributed by atoms with van der Waals surface area (Å²) >= 11 is 2.99. The summed E-state index contributed by atoms with van der Waals surface area (Å²) in [6.45, 7) is 0. The fourth-order valence-electron chi connectivity index (χ4n) is 2.74. The Labute approximate surface area is 159 Å². The molecule has 128 valence electrons. The van der Waals surface area contributed by atoms with Crippen LogP contribution in [0.25, 0.3) is 9.88 Å². The van der Waals surface area contributed by atoms with Crippen LogP contribution < -0.4 is 5.32 Å². The van der Waals surface area contributed by atoms with Gasteiger partial charge >= 0.3 is 0 Å². The number of nitrogens with zero attached hydrogens (tertiary/aromatic N) is 2. The van der Waals surface area contributed by atoms with Gasteiger partial charge in [0.05, 0.1) is 10.8 Å². The van der Waals surface area contributed by atoms with Crippen molar-refractivity contribution in [1.29, 1.82) is 0 Å². The molecule has 0 radical (unpaired) electrons. The number of amides is 1. The van der Waals surface area contributed by atoms with Gasteiger partial charge in [0.15, 0.2) is 5.01 Å². The van der Waals surface area contributed by atoms with Crippen LogP contribution in [0, 0.1) is 0 Å². The third kappa shape index (κ3) is 3.56. The van der Waals surface area contributed by atoms with E-state index < -0.39 is 5.92 Å². The molecule has 0 aliphatic rings. The van der Waals surface area contributed by atoms with E-state index in [4.69, 9.17) is 0 Å². The van der Waals surface area contributed by atoms with Gasteiger partial charge in [-0.25, -0.2) is 0 Å². The molecule has 4 aromatic rings. The number of carbonyl (C=O) groups is 1. The Morgan fingerprint density at radius 1 is 0.846 bits per heavy atom. The SMILES string of the molecule is O=C(Nc1nnc(-c2cccs2)s1)C(c1ccccc1)c1ccccc1. The van der Waals surface area contributed by atoms with E-state index in [9.17, 15) is 4.79 Å². The molecule has 1 N–H and O–H groups in total. The highest BCUT2D eigenvalue weighted by molar-refractivity contribution is 7.23. The Morgan fingerprint density at radius 2 is 1.50 bits per heavy atom. The summed E-state index contributed by atoms with van der Waals surface area (Å²) in [4.78, 5) is 14.1. The topological polar surface area (TPSA) is 54.9 Å². The van der Waals surface area contributed by atoms with Gasteiger partial charge in [0.25, 0.3) is 0 Å². The van der Waals surface area contributed by atoms with Gasteiger partial charge in [-0.3, -0.25) is 10.1 Å². The number of thiophene rings is 1. The molecule has 4 nitrogen and oxygen atoms in total. The minimum Gasteiger partial charge on any atom is -0.300 e. The molecular weight excluding hydrogens is 362 g/mol. The normalized spacial score (nSPS) is 10.8. The first-order valence-electron chi connectivity index (χ1n) is 8.09. The molecule has 4 rings (SSSR count). The summed E-state index contributed by atoms with van der Waals surface area (Å²) < 4.78 is 0. The highest BCUT2D eigenvalue weighted by Gasteiger charge is 2.23. The van der Waals surface area contributed by atoms with Crippen LogP contribution in [0.5, 0.6) is 0 Å². The van der Waals surface area contributed by atoms with E-state index in [0.717, 1.165) is 21.0 Å². The second-order valence-corrected chi connectivity index (χ2v) is 7.56. The van der Waals surface area contributed by atoms with Crippen molar-refractivity contribution in [3.63, 3.8) is 0 Å². The molecule has 0 fully saturated rings. The molecular formula is C20H15N3OS2. The molecule has 0 bridgehead atoms. The monoisotopic (exact) mass is 377 g/mol. The van der Waals surface area contributed by atoms with Gasteiger partial charge in [-0.1, -0.05) is 78.1 Å². The number of hydrogen-bond acceptors (Lipinski definition) is 5. The molecule has 1 amide bonds. The molecule has 2 aromatic carbocycles. The number of rotatable bonds is 5. The zero-order chi connectivity index (χ0) is 17.8. The maximum Gasteiger partial charge on any atom is 0.238 e. The Morgan fingerprint density at radius 3 is 2.08 bits per heavy atom. The Kier molecular flexibility index (Phi) is 4.86. The third-order valence-electron chi connectivity index (χ3n) is 3.92. The quantitative estimate of drug-likeness (QED) is 0.530. The summed E-state index contributed by atoms with van der Waals surface area (Å²) in [6, 6.07) is 23.5. The van der Waals surface area contributed by atoms with Crippen LogP contribution in [0.15, 0.2) is 78.2 Å². The van der Waals surface area contributed by atoms with Crippen LogP contribution in [-0.4, -0.2) is 16.1 Å². The number of nitrogens with one attached hydrogen (secondary N) is 1. The number of anilines is 1. The van der Waals surface area contributed by atoms with Crippen molar-refractivity contribution >= 4 is 33.7 Å². The fourth-order valence-corrected chi connectivity index (χ4v) is 4.28. The minimum atomic E-state index is -0.397. The first-order chi connectivity index (χ1) is 12.8. The van der Waals surface area contributed by atoms with Crippen LogP contribution >= 0.6 is 22.7 Å². The van der Waals surface area contributed by atoms with Gasteiger partial charge in [-0.2, -0.15) is 0 Å². The van der Waals surface area contributed by atoms with Crippen molar-refractivity contribution in [1.82, 2.24) is 10.2 Å². The van der Waals surface area contributed by atoms with Crippen molar-refractivity contribution in [2.45, 2.75) is 5.92 Å². The second kappa shape index (κ2) is 7.59. The summed E-state index contributed by atoms with van der Waals surface area (Å²) in [5.74, 6) is -0.511. The smallest absolute Gasteiger partial charge is 0.238 e. The fraction of sp³-hybridized carbons (Fsp3) is 0.0500. The number of aromatic nitrogens is 2. The third-order valence-corrected chi connectivity index (χ3v) is 5.79. The van der Waals surface area contributed by atoms with Crippen molar-refractivity contribution < 1.29 is 4.79 Å². The lowest BCUT2D eigenvalue weighted by Gasteiger charge is -2.16. The molecule has 2 heterocycles. The maximum absolute atomic E-state index is 13.0. The van der Waals surface area contributed by atoms with E-state index in [1.54, 1.807) is 11.3 Å². The molecule has 0 saturated heterocycles. The average molecular weight is 377 g/mol. The lowest BCUT2D eigenvalue weighted by Crippen LogP contribution is -2.22. The standard InChI is InChI=1S/C20H15N3OS2/c24-18(21-20-23-22-19(26-20)16-12-7-13-25-16)17(14-8-3-1-4-9-14)15-10-5-2-6-11-15/h1-13,17H,(H,21,23,24). The first kappa shape index (κ1) is 16.6. The molecule has 0 unspecified atom stereocenters. The van der Waals surface area contributed by atoms with Crippen LogP contribution in [0.2, 0.25) is 0 Å². The van der Waals surface area contributed by atoms with Crippen molar-refractivity contribution in [2.75, 3.05) is 5.32 Å². The molecule has 0 spiro atoms. The molecule has 0 saturated carbocycles. The summed E-state index contributed by atoms with van der Waals surface area (Å²) in [7, 11) is 0. The van der Waals surface area contributed by atoms with Crippen LogP contribution in [-0.2, 0) is 4.79 Å². The zero-order valence-corrected chi connectivity index (χ0v) is 15.3. The van der Waals surface area contributed by atoms with Crippen molar-refractivity contribution in [2.24, 2.45) is 0 Å². The Balaban J connectivity index is 1.61. The van der Waals surface area contributed by atoms with E-state index in [2.05, 4.69) is 15.5 Å². The van der Waals surface area contributed by atoms with Gasteiger partial charge in [-0.05, 0) is 22.6 Å². The van der Waals surface area contributed by atoms with Gasteiger partial charge < -0.3 is 0 Å². The average Bonchev–Trinajstić information content (AvgIpc) is 3.35. The van der Waals surface area contributed by atoms with E-state index in [-0.39, 0.29) is 5.91 Å². The minimum absolute atomic E-state index is 0.115. The van der Waals surface area contributed by atoms with E-state index in [1.807, 2.05) is 78.2 Å². The summed E-state index contributed by atoms with van der Waals surface area (Å²) in [5, 5.41) is 14.6. The Bertz CT molecular complexity index is 943. The van der Waals surface area contributed by atoms with E-state index in [0.29, 0.717) is 5.13 Å². The molecule has 26 heavy (non-hydrogen) atoms. The van der Waals surface area contributed by atoms with Crippen LogP contribution in [0.4, 0.5) is 5.13 Å². The van der Waals surface area contributed by atoms with Crippen molar-refractivity contribution in [3.8, 4) is 9.88 Å². The largest absolute Gasteiger partial charge is 0.300 e. The lowest BCUT2D eigenvalue weighted by molar-refractivity contribution is -0.116. The zero-order valence-electron chi connectivity index (χ0n) is 13.7. The number of hydrogen-bond donors (Lipinski definition) is 1. The van der Waals surface area contributed by atoms with Crippen LogP contribution in [0.1, 0.15) is 17.0 Å². The van der Waals surface area contributed by atoms with Gasteiger partial charge in [0.2, 0.25) is 11.0 Å². The van der Waals surface area contributed by atoms with Crippen LogP contribution in [0.3, 0.4) is 0 Å².